The van der Waals surface area contributed by atoms with Gasteiger partial charge >= 0.3 is 0 Å². The molecule has 0 spiro atoms. The minimum absolute atomic E-state index is 0.0161. The Morgan fingerprint density at radius 1 is 1.23 bits per heavy atom. The second-order valence-corrected chi connectivity index (χ2v) is 6.94. The number of morpholine rings is 1. The number of nitrogens with zero attached hydrogens (tertiary/aromatic N) is 4. The van der Waals surface area contributed by atoms with Crippen molar-refractivity contribution in [2.75, 3.05) is 6.61 Å². The number of aryl methyl sites for hydroxylation is 2. The second kappa shape index (κ2) is 7.99. The van der Waals surface area contributed by atoms with E-state index in [1.807, 2.05) is 41.6 Å². The lowest BCUT2D eigenvalue weighted by atomic mass is 9.95. The van der Waals surface area contributed by atoms with E-state index in [1.165, 1.54) is 0 Å². The van der Waals surface area contributed by atoms with Gasteiger partial charge in [0.2, 0.25) is 5.91 Å². The third-order valence-corrected chi connectivity index (χ3v) is 4.71. The predicted molar refractivity (Wildman–Crippen MR) is 99.5 cm³/mol. The maximum Gasteiger partial charge on any atom is 0.249 e. The van der Waals surface area contributed by atoms with Crippen LogP contribution < -0.4 is 0 Å². The molecule has 0 bridgehead atoms. The lowest BCUT2D eigenvalue weighted by molar-refractivity contribution is -0.162. The lowest BCUT2D eigenvalue weighted by Crippen LogP contribution is -2.49. The van der Waals surface area contributed by atoms with E-state index in [0.717, 1.165) is 36.6 Å². The molecule has 0 unspecified atom stereocenters. The molecule has 0 radical (unpaired) electrons. The highest BCUT2D eigenvalue weighted by atomic mass is 16.5. The topological polar surface area (TPSA) is 60.2 Å². The number of benzene rings is 1. The zero-order chi connectivity index (χ0) is 18.7. The van der Waals surface area contributed by atoms with Gasteiger partial charge in [0.15, 0.2) is 11.6 Å². The standard InChI is InChI=1S/C20H28N4O2/c1-5-12-23-20(21-16(6-2)22-23)19-18(15-10-8-7-9-11-15)24(14(3)4)17(25)13-26-19/h7-11,14,18-19H,5-6,12-13H2,1-4H3/t18-,19+/m1/s1. The Kier molecular flexibility index (Phi) is 5.71. The number of hydrogen-bond donors (Lipinski definition) is 0. The van der Waals surface area contributed by atoms with Crippen LogP contribution in [0, 0.1) is 0 Å². The fourth-order valence-corrected chi connectivity index (χ4v) is 3.58. The van der Waals surface area contributed by atoms with Crippen molar-refractivity contribution in [3.8, 4) is 0 Å². The number of carbonyl (C=O) groups is 1. The molecule has 2 heterocycles. The molecule has 0 aliphatic carbocycles. The molecule has 1 fully saturated rings. The van der Waals surface area contributed by atoms with Gasteiger partial charge < -0.3 is 9.64 Å². The number of amides is 1. The highest BCUT2D eigenvalue weighted by Gasteiger charge is 2.42. The summed E-state index contributed by atoms with van der Waals surface area (Å²) in [5.41, 5.74) is 1.06. The minimum Gasteiger partial charge on any atom is -0.358 e. The SMILES string of the molecule is CCCn1nc(CC)nc1[C@H]1OCC(=O)N(C(C)C)[C@@H]1c1ccccc1. The summed E-state index contributed by atoms with van der Waals surface area (Å²) in [6.45, 7) is 9.13. The average molecular weight is 356 g/mol. The normalized spacial score (nSPS) is 20.8. The average Bonchev–Trinajstić information content (AvgIpc) is 3.05. The van der Waals surface area contributed by atoms with Crippen LogP contribution in [0.2, 0.25) is 0 Å². The first-order chi connectivity index (χ1) is 12.6. The molecule has 1 saturated heterocycles. The number of ether oxygens (including phenoxy) is 1. The summed E-state index contributed by atoms with van der Waals surface area (Å²) in [6.07, 6.45) is 1.42. The van der Waals surface area contributed by atoms with Crippen molar-refractivity contribution in [3.05, 3.63) is 47.5 Å². The number of aromatic nitrogens is 3. The molecule has 1 aromatic heterocycles. The molecular weight excluding hydrogens is 328 g/mol. The van der Waals surface area contributed by atoms with Gasteiger partial charge in [0.1, 0.15) is 12.7 Å². The van der Waals surface area contributed by atoms with E-state index in [9.17, 15) is 4.79 Å². The molecule has 3 rings (SSSR count). The van der Waals surface area contributed by atoms with Gasteiger partial charge in [-0.1, -0.05) is 44.2 Å². The van der Waals surface area contributed by atoms with Gasteiger partial charge in [-0.3, -0.25) is 4.79 Å². The van der Waals surface area contributed by atoms with Crippen molar-refractivity contribution in [2.24, 2.45) is 0 Å². The monoisotopic (exact) mass is 356 g/mol. The Balaban J connectivity index is 2.09. The molecule has 1 aliphatic rings. The zero-order valence-electron chi connectivity index (χ0n) is 16.1. The Labute approximate surface area is 155 Å². The fraction of sp³-hybridized carbons (Fsp3) is 0.550. The van der Waals surface area contributed by atoms with Crippen molar-refractivity contribution in [1.29, 1.82) is 0 Å². The van der Waals surface area contributed by atoms with Crippen LogP contribution in [0.4, 0.5) is 0 Å². The highest BCUT2D eigenvalue weighted by molar-refractivity contribution is 5.79. The van der Waals surface area contributed by atoms with Gasteiger partial charge in [0.05, 0.1) is 6.04 Å². The van der Waals surface area contributed by atoms with Gasteiger partial charge in [-0.05, 0) is 25.8 Å². The van der Waals surface area contributed by atoms with Gasteiger partial charge in [-0.2, -0.15) is 5.10 Å². The summed E-state index contributed by atoms with van der Waals surface area (Å²) < 4.78 is 8.01. The molecule has 0 saturated carbocycles. The zero-order valence-corrected chi connectivity index (χ0v) is 16.1. The number of carbonyl (C=O) groups excluding carboxylic acids is 1. The number of hydrogen-bond acceptors (Lipinski definition) is 4. The smallest absolute Gasteiger partial charge is 0.249 e. The first-order valence-corrected chi connectivity index (χ1v) is 9.48. The molecular formula is C20H28N4O2. The van der Waals surface area contributed by atoms with E-state index in [1.54, 1.807) is 0 Å². The molecule has 2 aromatic rings. The molecule has 26 heavy (non-hydrogen) atoms. The van der Waals surface area contributed by atoms with Crippen molar-refractivity contribution in [3.63, 3.8) is 0 Å². The number of rotatable bonds is 6. The van der Waals surface area contributed by atoms with Gasteiger partial charge in [0.25, 0.3) is 0 Å². The minimum atomic E-state index is -0.322. The Morgan fingerprint density at radius 2 is 1.96 bits per heavy atom. The summed E-state index contributed by atoms with van der Waals surface area (Å²) in [5.74, 6) is 1.65. The Bertz CT molecular complexity index is 742. The third-order valence-electron chi connectivity index (χ3n) is 4.71. The molecule has 1 aliphatic heterocycles. The summed E-state index contributed by atoms with van der Waals surface area (Å²) in [6, 6.07) is 9.95. The maximum atomic E-state index is 12.6. The summed E-state index contributed by atoms with van der Waals surface area (Å²) in [4.78, 5) is 19.3. The van der Waals surface area contributed by atoms with Crippen LogP contribution >= 0.6 is 0 Å². The quantitative estimate of drug-likeness (QED) is 0.797. The fourth-order valence-electron chi connectivity index (χ4n) is 3.58. The summed E-state index contributed by atoms with van der Waals surface area (Å²) >= 11 is 0. The van der Waals surface area contributed by atoms with Crippen molar-refractivity contribution < 1.29 is 9.53 Å². The predicted octanol–water partition coefficient (Wildman–Crippen LogP) is 3.30. The van der Waals surface area contributed by atoms with Crippen LogP contribution in [0.1, 0.15) is 63.5 Å². The molecule has 0 N–H and O–H groups in total. The largest absolute Gasteiger partial charge is 0.358 e. The van der Waals surface area contributed by atoms with Crippen molar-refractivity contribution in [1.82, 2.24) is 19.7 Å². The van der Waals surface area contributed by atoms with Gasteiger partial charge in [-0.15, -0.1) is 0 Å². The third kappa shape index (κ3) is 3.51. The van der Waals surface area contributed by atoms with Crippen LogP contribution in [0.5, 0.6) is 0 Å². The van der Waals surface area contributed by atoms with Crippen LogP contribution in [0.3, 0.4) is 0 Å². The van der Waals surface area contributed by atoms with Crippen molar-refractivity contribution in [2.45, 2.75) is 65.3 Å². The summed E-state index contributed by atoms with van der Waals surface area (Å²) in [5, 5.41) is 4.63. The summed E-state index contributed by atoms with van der Waals surface area (Å²) in [7, 11) is 0. The first kappa shape index (κ1) is 18.6. The molecule has 2 atom stereocenters. The van der Waals surface area contributed by atoms with Crippen LogP contribution in [0.15, 0.2) is 30.3 Å². The van der Waals surface area contributed by atoms with Gasteiger partial charge in [0, 0.05) is 19.0 Å². The Hall–Kier alpha value is -2.21. The van der Waals surface area contributed by atoms with E-state index >= 15 is 0 Å². The van der Waals surface area contributed by atoms with Crippen molar-refractivity contribution >= 4 is 5.91 Å². The van der Waals surface area contributed by atoms with Crippen LogP contribution in [-0.4, -0.2) is 38.2 Å². The second-order valence-electron chi connectivity index (χ2n) is 6.94. The van der Waals surface area contributed by atoms with E-state index in [0.29, 0.717) is 0 Å². The molecule has 6 heteroatoms. The van der Waals surface area contributed by atoms with Gasteiger partial charge in [-0.25, -0.2) is 9.67 Å². The van der Waals surface area contributed by atoms with E-state index in [4.69, 9.17) is 9.72 Å². The molecule has 6 nitrogen and oxygen atoms in total. The molecule has 140 valence electrons. The van der Waals surface area contributed by atoms with E-state index in [-0.39, 0.29) is 30.7 Å². The first-order valence-electron chi connectivity index (χ1n) is 9.48. The molecule has 1 amide bonds. The van der Waals surface area contributed by atoms with E-state index in [2.05, 4.69) is 31.1 Å². The Morgan fingerprint density at radius 3 is 2.58 bits per heavy atom. The maximum absolute atomic E-state index is 12.6. The lowest BCUT2D eigenvalue weighted by Gasteiger charge is -2.43. The highest BCUT2D eigenvalue weighted by Crippen LogP contribution is 2.40. The van der Waals surface area contributed by atoms with E-state index < -0.39 is 0 Å². The molecule has 1 aromatic carbocycles. The van der Waals surface area contributed by atoms with Crippen LogP contribution in [-0.2, 0) is 22.5 Å². The van der Waals surface area contributed by atoms with Crippen LogP contribution in [0.25, 0.3) is 0 Å².